The van der Waals surface area contributed by atoms with Crippen LogP contribution in [0.3, 0.4) is 0 Å². The van der Waals surface area contributed by atoms with Gasteiger partial charge in [-0.15, -0.1) is 0 Å². The number of nitrogens with two attached hydrogens (primary N) is 1. The second-order valence-corrected chi connectivity index (χ2v) is 6.23. The number of aliphatic hydroxyl groups is 1. The Morgan fingerprint density at radius 2 is 2.30 bits per heavy atom. The zero-order valence-electron chi connectivity index (χ0n) is 11.6. The van der Waals surface area contributed by atoms with E-state index in [2.05, 4.69) is 19.5 Å². The molecule has 0 saturated carbocycles. The molecule has 1 fully saturated rings. The molecule has 3 rings (SSSR count). The molecule has 0 unspecified atom stereocenters. The summed E-state index contributed by atoms with van der Waals surface area (Å²) in [6, 6.07) is 0. The third-order valence-electron chi connectivity index (χ3n) is 3.37. The van der Waals surface area contributed by atoms with Gasteiger partial charge in [-0.1, -0.05) is 0 Å². The van der Waals surface area contributed by atoms with Gasteiger partial charge >= 0.3 is 7.82 Å². The van der Waals surface area contributed by atoms with E-state index in [4.69, 9.17) is 20.3 Å². The lowest BCUT2D eigenvalue weighted by atomic mass is 11.1. The Labute approximate surface area is 128 Å². The number of imidazole rings is 1. The average molecular weight is 362 g/mol. The first-order valence-corrected chi connectivity index (χ1v) is 8.03. The minimum atomic E-state index is -4.66. The topological polar surface area (TPSA) is 186 Å². The van der Waals surface area contributed by atoms with E-state index in [0.29, 0.717) is 0 Å². The second kappa shape index (κ2) is 5.67. The van der Waals surface area contributed by atoms with Crippen LogP contribution in [0.2, 0.25) is 0 Å². The lowest BCUT2D eigenvalue weighted by Crippen LogP contribution is -2.25. The Morgan fingerprint density at radius 3 is 3.00 bits per heavy atom. The Hall–Kier alpha value is -1.82. The third-order valence-corrected chi connectivity index (χ3v) is 3.86. The van der Waals surface area contributed by atoms with Crippen molar-refractivity contribution in [2.75, 3.05) is 12.3 Å². The van der Waals surface area contributed by atoms with Crippen molar-refractivity contribution in [1.29, 1.82) is 0 Å². The van der Waals surface area contributed by atoms with Crippen molar-refractivity contribution in [1.82, 2.24) is 19.5 Å². The van der Waals surface area contributed by atoms with Crippen LogP contribution in [0.5, 0.6) is 0 Å². The van der Waals surface area contributed by atoms with Crippen LogP contribution in [0.4, 0.5) is 5.95 Å². The number of anilines is 1. The number of nitrogen functional groups attached to an aromatic ring is 1. The minimum Gasteiger partial charge on any atom is -0.390 e. The Bertz CT molecular complexity index is 829. The molecule has 0 aliphatic carbocycles. The normalized spacial score (nSPS) is 25.3. The van der Waals surface area contributed by atoms with E-state index in [1.165, 1.54) is 10.9 Å². The van der Waals surface area contributed by atoms with Crippen molar-refractivity contribution in [2.45, 2.75) is 24.9 Å². The average Bonchev–Trinajstić information content (AvgIpc) is 2.99. The van der Waals surface area contributed by atoms with Crippen LogP contribution in [0.1, 0.15) is 12.6 Å². The van der Waals surface area contributed by atoms with Crippen molar-refractivity contribution < 1.29 is 28.7 Å². The Balaban J connectivity index is 1.84. The van der Waals surface area contributed by atoms with Gasteiger partial charge in [0.2, 0.25) is 5.95 Å². The van der Waals surface area contributed by atoms with E-state index in [0.717, 1.165) is 0 Å². The number of aliphatic hydroxyl groups excluding tert-OH is 1. The highest BCUT2D eigenvalue weighted by atomic mass is 31.2. The number of nitrogens with zero attached hydrogens (tertiary/aromatic N) is 3. The molecule has 2 aromatic rings. The standard InChI is InChI=1S/C10H14N5O7P/c11-10-13-8-7(9(17)14-10)12-3-15(8)6-1-4(16)5(22-6)2-21-23(18,19)20/h3-6,16H,1-2H2,(H2,18,19,20)(H3,11,13,14,17)/t4-,5+,6+/m0/s1/i1+1,2+1,3+1,4+1,5+1,6+1,7+1,8+1,9+1,10+1,11+1,12+1,13+1,14+1,15+1. The molecule has 1 aliphatic rings. The first-order valence-electron chi connectivity index (χ1n) is 6.50. The molecule has 13 heteroatoms. The smallest absolute Gasteiger partial charge is 0.390 e. The molecule has 3 heterocycles. The predicted octanol–water partition coefficient (Wildman–Crippen LogP) is -1.54. The summed E-state index contributed by atoms with van der Waals surface area (Å²) in [5.74, 6) is -0.0934. The van der Waals surface area contributed by atoms with Gasteiger partial charge in [0.05, 0.1) is 19.0 Å². The molecule has 23 heavy (non-hydrogen) atoms. The highest BCUT2D eigenvalue weighted by Gasteiger charge is 2.37. The summed E-state index contributed by atoms with van der Waals surface area (Å²) < 4.78 is 22.0. The molecule has 0 aromatic carbocycles. The fraction of sp³-hybridized carbons (Fsp3) is 0.500. The molecule has 1 saturated heterocycles. The van der Waals surface area contributed by atoms with E-state index >= 15 is 0 Å². The van der Waals surface area contributed by atoms with Gasteiger partial charge in [0.1, 0.15) is 12.3 Å². The summed E-state index contributed by atoms with van der Waals surface area (Å²) >= 11 is 0. The molecular weight excluding hydrogens is 348 g/mol. The van der Waals surface area contributed by atoms with Crippen LogP contribution in [-0.4, -0.2) is 53.2 Å². The van der Waals surface area contributed by atoms with E-state index in [1.807, 2.05) is 0 Å². The second-order valence-electron chi connectivity index (χ2n) is 4.99. The van der Waals surface area contributed by atoms with Gasteiger partial charge in [-0.3, -0.25) is 18.9 Å². The molecule has 1 aliphatic heterocycles. The van der Waals surface area contributed by atoms with E-state index < -0.39 is 38.4 Å². The zero-order valence-corrected chi connectivity index (χ0v) is 12.5. The number of phosphoric ester groups is 1. The van der Waals surface area contributed by atoms with Gasteiger partial charge < -0.3 is 25.4 Å². The number of phosphoric acid groups is 1. The third kappa shape index (κ3) is 3.27. The summed E-state index contributed by atoms with van der Waals surface area (Å²) in [4.78, 5) is 39.3. The Kier molecular flexibility index (Phi) is 3.96. The first kappa shape index (κ1) is 16.1. The molecule has 126 valence electrons. The summed E-state index contributed by atoms with van der Waals surface area (Å²) in [5, 5.41) is 9.93. The van der Waals surface area contributed by atoms with Gasteiger partial charge in [-0.2, -0.15) is 4.98 Å². The molecule has 6 N–H and O–H groups in total. The zero-order chi connectivity index (χ0) is 16.8. The van der Waals surface area contributed by atoms with Crippen molar-refractivity contribution in [3.05, 3.63) is 16.7 Å². The number of aromatic amines is 1. The number of H-pyrrole nitrogens is 1. The van der Waals surface area contributed by atoms with Crippen molar-refractivity contribution in [3.63, 3.8) is 0 Å². The van der Waals surface area contributed by atoms with Gasteiger partial charge in [-0.25, -0.2) is 9.55 Å². The predicted molar refractivity (Wildman–Crippen MR) is 75.1 cm³/mol. The molecule has 0 bridgehead atoms. The van der Waals surface area contributed by atoms with Crippen LogP contribution in [0.15, 0.2) is 11.1 Å². The highest BCUT2D eigenvalue weighted by Crippen LogP contribution is 2.38. The van der Waals surface area contributed by atoms with Crippen molar-refractivity contribution in [3.8, 4) is 0 Å². The van der Waals surface area contributed by atoms with Gasteiger partial charge in [-0.05, 0) is 0 Å². The lowest BCUT2D eigenvalue weighted by molar-refractivity contribution is -0.0424. The van der Waals surface area contributed by atoms with Crippen LogP contribution in [0, 0.1) is 0 Å². The van der Waals surface area contributed by atoms with E-state index in [1.54, 1.807) is 0 Å². The maximum absolute atomic E-state index is 11.7. The highest BCUT2D eigenvalue weighted by molar-refractivity contribution is 7.46. The number of nitrogens with one attached hydrogen (secondary N) is 1. The molecule has 0 radical (unpaired) electrons. The molecule has 3 atom stereocenters. The fourth-order valence-electron chi connectivity index (χ4n) is 2.36. The van der Waals surface area contributed by atoms with Gasteiger partial charge in [0.25, 0.3) is 5.56 Å². The quantitative estimate of drug-likeness (QED) is 0.242. The maximum Gasteiger partial charge on any atom is 0.469 e. The van der Waals surface area contributed by atoms with Crippen LogP contribution >= 0.6 is 7.82 Å². The van der Waals surface area contributed by atoms with Crippen LogP contribution in [-0.2, 0) is 13.8 Å². The number of fused-ring (bicyclic) bond motifs is 1. The SMILES string of the molecule is [15NH2][13c]1[15n][13c]2[13c]([15n][13cH][15n]2[13C@H]2[13CH2][13C@H](O)[13C@@H]([13CH2]OP(=O)(O)O)O2)[13c](=O)[15nH]1. The molecule has 0 spiro atoms. The largest absolute Gasteiger partial charge is 0.469 e. The van der Waals surface area contributed by atoms with Crippen molar-refractivity contribution in [2.24, 2.45) is 0 Å². The number of hydrogen-bond donors (Lipinski definition) is 5. The maximum atomic E-state index is 11.7. The van der Waals surface area contributed by atoms with E-state index in [-0.39, 0.29) is 23.5 Å². The lowest BCUT2D eigenvalue weighted by Gasteiger charge is -2.16. The number of hydrogen-bond acceptors (Lipinski definition) is 8. The van der Waals surface area contributed by atoms with Crippen molar-refractivity contribution >= 4 is 24.9 Å². The van der Waals surface area contributed by atoms with Gasteiger partial charge in [0, 0.05) is 6.42 Å². The van der Waals surface area contributed by atoms with Crippen LogP contribution < -0.4 is 11.3 Å². The summed E-state index contributed by atoms with van der Waals surface area (Å²) in [7, 11) is -4.66. The van der Waals surface area contributed by atoms with E-state index in [9.17, 15) is 14.5 Å². The Morgan fingerprint density at radius 1 is 1.57 bits per heavy atom. The van der Waals surface area contributed by atoms with Gasteiger partial charge in [0.15, 0.2) is 11.2 Å². The summed E-state index contributed by atoms with van der Waals surface area (Å²) in [5.41, 5.74) is 5.23. The molecule has 12 nitrogen and oxygen atoms in total. The minimum absolute atomic E-state index is 0.0622. The summed E-state index contributed by atoms with van der Waals surface area (Å²) in [6.45, 7) is -0.481. The van der Waals surface area contributed by atoms with Crippen LogP contribution in [0.25, 0.3) is 11.2 Å². The fourth-order valence-corrected chi connectivity index (χ4v) is 2.70. The monoisotopic (exact) mass is 362 g/mol. The number of ether oxygens (including phenoxy) is 1. The first-order chi connectivity index (χ1) is 10.7. The molecule has 2 aromatic heterocycles. The molecular formula is C10H14N5O7P. The number of rotatable bonds is 4. The number of aromatic nitrogens is 4. The summed E-state index contributed by atoms with van der Waals surface area (Å²) in [6.07, 6.45) is -1.26. The molecule has 0 amide bonds.